The number of fused-ring (bicyclic) bond motifs is 1. The van der Waals surface area contributed by atoms with Crippen LogP contribution in [0.15, 0.2) is 77.8 Å². The molecule has 0 saturated carbocycles. The van der Waals surface area contributed by atoms with Gasteiger partial charge in [0.2, 0.25) is 0 Å². The topological polar surface area (TPSA) is 47.2 Å². The summed E-state index contributed by atoms with van der Waals surface area (Å²) in [6, 6.07) is 23.8. The number of benzene rings is 3. The highest BCUT2D eigenvalue weighted by molar-refractivity contribution is 6.08. The van der Waals surface area contributed by atoms with E-state index >= 15 is 0 Å². The fourth-order valence-electron chi connectivity index (χ4n) is 3.25. The molecule has 4 rings (SSSR count). The Balaban J connectivity index is 2.04. The third-order valence-electron chi connectivity index (χ3n) is 4.62. The van der Waals surface area contributed by atoms with Crippen LogP contribution in [-0.2, 0) is 0 Å². The van der Waals surface area contributed by atoms with Crippen molar-refractivity contribution in [3.8, 4) is 0 Å². The number of para-hydroxylation sites is 2. The molecule has 4 nitrogen and oxygen atoms in total. The summed E-state index contributed by atoms with van der Waals surface area (Å²) in [6.45, 7) is 4.10. The van der Waals surface area contributed by atoms with Crippen LogP contribution in [0.3, 0.4) is 0 Å². The van der Waals surface area contributed by atoms with Crippen LogP contribution in [0.1, 0.15) is 27.2 Å². The van der Waals surface area contributed by atoms with Crippen molar-refractivity contribution in [2.75, 3.05) is 0 Å². The second-order valence-electron chi connectivity index (χ2n) is 6.47. The van der Waals surface area contributed by atoms with Gasteiger partial charge in [0.05, 0.1) is 11.2 Å². The van der Waals surface area contributed by atoms with Crippen LogP contribution in [0.4, 0.5) is 5.69 Å². The Hall–Kier alpha value is -3.53. The Labute approximate surface area is 157 Å². The van der Waals surface area contributed by atoms with Gasteiger partial charge in [-0.05, 0) is 31.0 Å². The van der Waals surface area contributed by atoms with Gasteiger partial charge in [-0.25, -0.2) is 9.67 Å². The summed E-state index contributed by atoms with van der Waals surface area (Å²) in [6.07, 6.45) is 0.792. The molecule has 0 aliphatic heterocycles. The zero-order chi connectivity index (χ0) is 18.8. The average Bonchev–Trinajstić information content (AvgIpc) is 3.07. The molecule has 0 radical (unpaired) electrons. The van der Waals surface area contributed by atoms with Crippen molar-refractivity contribution in [2.24, 2.45) is 4.99 Å². The van der Waals surface area contributed by atoms with Crippen molar-refractivity contribution in [1.82, 2.24) is 9.78 Å². The molecule has 0 unspecified atom stereocenters. The number of aliphatic imine (C=N–C) groups is 1. The first kappa shape index (κ1) is 16.9. The van der Waals surface area contributed by atoms with E-state index in [4.69, 9.17) is 4.99 Å². The summed E-state index contributed by atoms with van der Waals surface area (Å²) < 4.78 is 1.76. The second-order valence-corrected chi connectivity index (χ2v) is 6.47. The fraction of sp³-hybridized carbons (Fsp3) is 0.0870. The van der Waals surface area contributed by atoms with Crippen LogP contribution in [0, 0.1) is 13.8 Å². The first-order chi connectivity index (χ1) is 13.2. The number of carbonyl (C=O) groups excluding carboxylic acids is 1. The third-order valence-corrected chi connectivity index (χ3v) is 4.62. The largest absolute Gasteiger partial charge is 0.296 e. The number of carbonyl (C=O) groups is 1. The first-order valence-corrected chi connectivity index (χ1v) is 8.82. The van der Waals surface area contributed by atoms with E-state index in [1.54, 1.807) is 4.68 Å². The number of aryl methyl sites for hydroxylation is 2. The van der Waals surface area contributed by atoms with E-state index in [-0.39, 0.29) is 0 Å². The molecule has 132 valence electrons. The van der Waals surface area contributed by atoms with Gasteiger partial charge < -0.3 is 0 Å². The van der Waals surface area contributed by atoms with E-state index in [2.05, 4.69) is 5.10 Å². The Bertz CT molecular complexity index is 1140. The van der Waals surface area contributed by atoms with Gasteiger partial charge in [-0.1, -0.05) is 66.7 Å². The highest BCUT2D eigenvalue weighted by atomic mass is 16.1. The van der Waals surface area contributed by atoms with Crippen LogP contribution in [0.2, 0.25) is 0 Å². The molecule has 0 bridgehead atoms. The van der Waals surface area contributed by atoms with Gasteiger partial charge in [0.25, 0.3) is 0 Å². The number of aromatic nitrogens is 2. The Morgan fingerprint density at radius 3 is 2.26 bits per heavy atom. The van der Waals surface area contributed by atoms with Crippen molar-refractivity contribution in [3.63, 3.8) is 0 Å². The van der Waals surface area contributed by atoms with Gasteiger partial charge in [0, 0.05) is 10.9 Å². The zero-order valence-corrected chi connectivity index (χ0v) is 15.3. The lowest BCUT2D eigenvalue weighted by Gasteiger charge is -2.11. The molecule has 0 aliphatic rings. The lowest BCUT2D eigenvalue weighted by Crippen LogP contribution is -2.15. The molecule has 27 heavy (non-hydrogen) atoms. The molecule has 1 heterocycles. The highest BCUT2D eigenvalue weighted by Gasteiger charge is 2.16. The lowest BCUT2D eigenvalue weighted by atomic mass is 10.1. The summed E-state index contributed by atoms with van der Waals surface area (Å²) >= 11 is 0. The zero-order valence-electron chi connectivity index (χ0n) is 15.3. The van der Waals surface area contributed by atoms with Crippen LogP contribution in [0.5, 0.6) is 0 Å². The fourth-order valence-corrected chi connectivity index (χ4v) is 3.25. The monoisotopic (exact) mass is 353 g/mol. The van der Waals surface area contributed by atoms with E-state index in [0.717, 1.165) is 39.6 Å². The Kier molecular flexibility index (Phi) is 4.38. The first-order valence-electron chi connectivity index (χ1n) is 8.82. The SMILES string of the molecule is Cc1cccc(C)c1/N=C(/c1ccccc1)n1nc(C=O)c2ccccc21. The van der Waals surface area contributed by atoms with Crippen LogP contribution < -0.4 is 0 Å². The van der Waals surface area contributed by atoms with E-state index in [1.807, 2.05) is 86.6 Å². The highest BCUT2D eigenvalue weighted by Crippen LogP contribution is 2.26. The molecule has 0 aliphatic carbocycles. The van der Waals surface area contributed by atoms with Gasteiger partial charge in [-0.3, -0.25) is 4.79 Å². The van der Waals surface area contributed by atoms with E-state index in [1.165, 1.54) is 0 Å². The lowest BCUT2D eigenvalue weighted by molar-refractivity contribution is 0.112. The molecular weight excluding hydrogens is 334 g/mol. The van der Waals surface area contributed by atoms with Gasteiger partial charge >= 0.3 is 0 Å². The molecule has 0 saturated heterocycles. The van der Waals surface area contributed by atoms with Crippen molar-refractivity contribution in [2.45, 2.75) is 13.8 Å². The minimum Gasteiger partial charge on any atom is -0.296 e. The molecule has 0 fully saturated rings. The maximum absolute atomic E-state index is 11.5. The summed E-state index contributed by atoms with van der Waals surface area (Å²) in [4.78, 5) is 16.5. The van der Waals surface area contributed by atoms with Crippen molar-refractivity contribution in [3.05, 3.63) is 95.2 Å². The molecule has 0 atom stereocenters. The Morgan fingerprint density at radius 2 is 1.56 bits per heavy atom. The van der Waals surface area contributed by atoms with E-state index < -0.39 is 0 Å². The van der Waals surface area contributed by atoms with Crippen LogP contribution in [-0.4, -0.2) is 21.9 Å². The maximum Gasteiger partial charge on any atom is 0.170 e. The number of nitrogens with zero attached hydrogens (tertiary/aromatic N) is 3. The molecule has 0 amide bonds. The number of rotatable bonds is 3. The van der Waals surface area contributed by atoms with Gasteiger partial charge in [0.1, 0.15) is 5.69 Å². The summed E-state index contributed by atoms with van der Waals surface area (Å²) in [5.41, 5.74) is 5.31. The maximum atomic E-state index is 11.5. The molecule has 3 aromatic carbocycles. The standard InChI is InChI=1S/C23H19N3O/c1-16-9-8-10-17(2)22(16)24-23(18-11-4-3-5-12-18)26-21-14-7-6-13-19(21)20(15-27)25-26/h3-15H,1-2H3/b24-23-. The van der Waals surface area contributed by atoms with Gasteiger partial charge in [-0.15, -0.1) is 0 Å². The molecule has 0 spiro atoms. The molecule has 4 heteroatoms. The third kappa shape index (κ3) is 3.06. The second kappa shape index (κ2) is 7.00. The smallest absolute Gasteiger partial charge is 0.170 e. The minimum atomic E-state index is 0.413. The molecular formula is C23H19N3O. The Morgan fingerprint density at radius 1 is 0.889 bits per heavy atom. The van der Waals surface area contributed by atoms with Crippen LogP contribution >= 0.6 is 0 Å². The van der Waals surface area contributed by atoms with E-state index in [0.29, 0.717) is 11.5 Å². The molecule has 0 N–H and O–H groups in total. The predicted molar refractivity (Wildman–Crippen MR) is 109 cm³/mol. The summed E-state index contributed by atoms with van der Waals surface area (Å²) in [5, 5.41) is 5.38. The number of hydrogen-bond acceptors (Lipinski definition) is 3. The number of aldehydes is 1. The average molecular weight is 353 g/mol. The normalized spacial score (nSPS) is 11.7. The van der Waals surface area contributed by atoms with Crippen molar-refractivity contribution >= 4 is 28.7 Å². The van der Waals surface area contributed by atoms with Crippen molar-refractivity contribution in [1.29, 1.82) is 0 Å². The summed E-state index contributed by atoms with van der Waals surface area (Å²) in [7, 11) is 0. The molecule has 4 aromatic rings. The van der Waals surface area contributed by atoms with Gasteiger partial charge in [0.15, 0.2) is 12.1 Å². The van der Waals surface area contributed by atoms with Gasteiger partial charge in [-0.2, -0.15) is 5.10 Å². The van der Waals surface area contributed by atoms with Crippen LogP contribution in [0.25, 0.3) is 10.9 Å². The molecule has 1 aromatic heterocycles. The van der Waals surface area contributed by atoms with Crippen molar-refractivity contribution < 1.29 is 4.79 Å². The van der Waals surface area contributed by atoms with E-state index in [9.17, 15) is 4.79 Å². The quantitative estimate of drug-likeness (QED) is 0.292. The summed E-state index contributed by atoms with van der Waals surface area (Å²) in [5.74, 6) is 0.692. The minimum absolute atomic E-state index is 0.413. The predicted octanol–water partition coefficient (Wildman–Crippen LogP) is 5.09. The number of hydrogen-bond donors (Lipinski definition) is 0.